The summed E-state index contributed by atoms with van der Waals surface area (Å²) < 4.78 is 7.56. The van der Waals surface area contributed by atoms with Gasteiger partial charge in [-0.25, -0.2) is 4.79 Å². The molecule has 0 saturated carbocycles. The minimum absolute atomic E-state index is 0. The molecule has 3 rings (SSSR count). The summed E-state index contributed by atoms with van der Waals surface area (Å²) in [5.41, 5.74) is 2.70. The molecule has 0 radical (unpaired) electrons. The average molecular weight is 463 g/mol. The summed E-state index contributed by atoms with van der Waals surface area (Å²) in [6, 6.07) is 15.9. The van der Waals surface area contributed by atoms with E-state index in [4.69, 9.17) is 16.3 Å². The van der Waals surface area contributed by atoms with Crippen LogP contribution in [-0.2, 0) is 11.3 Å². The molecule has 0 aliphatic rings. The molecule has 168 valence electrons. The largest absolute Gasteiger partial charge is 0.461 e. The van der Waals surface area contributed by atoms with Crippen LogP contribution in [0.3, 0.4) is 0 Å². The van der Waals surface area contributed by atoms with Crippen molar-refractivity contribution >= 4 is 40.7 Å². The minimum Gasteiger partial charge on any atom is -0.461 e. The van der Waals surface area contributed by atoms with Crippen LogP contribution >= 0.6 is 24.0 Å². The van der Waals surface area contributed by atoms with E-state index in [1.807, 2.05) is 43.3 Å². The number of ether oxygens (including phenoxy) is 1. The molecule has 3 aromatic rings. The molecule has 0 saturated heterocycles. The molecule has 0 spiro atoms. The lowest BCUT2D eigenvalue weighted by atomic mass is 10.1. The van der Waals surface area contributed by atoms with Gasteiger partial charge in [0, 0.05) is 22.3 Å². The number of fused-ring (bicyclic) bond motifs is 1. The smallest absolute Gasteiger partial charge is 0.355 e. The van der Waals surface area contributed by atoms with Crippen LogP contribution in [-0.4, -0.2) is 42.2 Å². The molecule has 0 fully saturated rings. The third-order valence-corrected chi connectivity index (χ3v) is 5.60. The summed E-state index contributed by atoms with van der Waals surface area (Å²) in [6.07, 6.45) is 3.34. The fraction of sp³-hybridized carbons (Fsp3) is 0.400. The molecular formula is C25H32Cl2N2O2. The van der Waals surface area contributed by atoms with Gasteiger partial charge >= 0.3 is 5.97 Å². The van der Waals surface area contributed by atoms with E-state index >= 15 is 0 Å². The van der Waals surface area contributed by atoms with E-state index in [2.05, 4.69) is 35.6 Å². The number of esters is 1. The Hall–Kier alpha value is -2.01. The summed E-state index contributed by atoms with van der Waals surface area (Å²) in [7, 11) is 2.16. The molecule has 2 aromatic carbocycles. The molecule has 31 heavy (non-hydrogen) atoms. The predicted octanol–water partition coefficient (Wildman–Crippen LogP) is 6.68. The number of aromatic nitrogens is 1. The SMILES string of the molecule is CCCCN(C)CCCn1c(C(=O)OCC)c2ccc(Cl)cc2c1-c1ccccc1.Cl. The van der Waals surface area contributed by atoms with Crippen molar-refractivity contribution in [2.75, 3.05) is 26.7 Å². The second-order valence-electron chi connectivity index (χ2n) is 7.64. The maximum absolute atomic E-state index is 13.0. The van der Waals surface area contributed by atoms with Gasteiger partial charge in [0.2, 0.25) is 0 Å². The van der Waals surface area contributed by atoms with Crippen molar-refractivity contribution in [1.82, 2.24) is 9.47 Å². The Morgan fingerprint density at radius 2 is 1.74 bits per heavy atom. The maximum Gasteiger partial charge on any atom is 0.355 e. The fourth-order valence-electron chi connectivity index (χ4n) is 3.91. The van der Waals surface area contributed by atoms with E-state index in [1.165, 1.54) is 12.8 Å². The summed E-state index contributed by atoms with van der Waals surface area (Å²) in [5, 5.41) is 2.53. The quantitative estimate of drug-likeness (QED) is 0.315. The van der Waals surface area contributed by atoms with Crippen LogP contribution in [0.2, 0.25) is 5.02 Å². The second-order valence-corrected chi connectivity index (χ2v) is 8.07. The predicted molar refractivity (Wildman–Crippen MR) is 133 cm³/mol. The molecule has 0 bridgehead atoms. The Bertz CT molecular complexity index is 986. The van der Waals surface area contributed by atoms with Crippen molar-refractivity contribution in [3.8, 4) is 11.3 Å². The van der Waals surface area contributed by atoms with Gasteiger partial charge in [-0.2, -0.15) is 0 Å². The lowest BCUT2D eigenvalue weighted by Gasteiger charge is -2.18. The zero-order valence-corrected chi connectivity index (χ0v) is 20.1. The van der Waals surface area contributed by atoms with Crippen molar-refractivity contribution in [3.63, 3.8) is 0 Å². The van der Waals surface area contributed by atoms with E-state index in [-0.39, 0.29) is 18.4 Å². The molecular weight excluding hydrogens is 431 g/mol. The lowest BCUT2D eigenvalue weighted by Crippen LogP contribution is -2.23. The van der Waals surface area contributed by atoms with Gasteiger partial charge in [-0.05, 0) is 57.6 Å². The summed E-state index contributed by atoms with van der Waals surface area (Å²) in [5.74, 6) is -0.286. The topological polar surface area (TPSA) is 34.5 Å². The van der Waals surface area contributed by atoms with Crippen LogP contribution in [0.5, 0.6) is 0 Å². The van der Waals surface area contributed by atoms with E-state index in [9.17, 15) is 4.79 Å². The molecule has 0 amide bonds. The highest BCUT2D eigenvalue weighted by molar-refractivity contribution is 6.31. The lowest BCUT2D eigenvalue weighted by molar-refractivity contribution is 0.0516. The fourth-order valence-corrected chi connectivity index (χ4v) is 4.08. The van der Waals surface area contributed by atoms with Crippen molar-refractivity contribution < 1.29 is 9.53 Å². The van der Waals surface area contributed by atoms with Crippen molar-refractivity contribution in [2.24, 2.45) is 0 Å². The zero-order chi connectivity index (χ0) is 21.5. The first-order chi connectivity index (χ1) is 14.6. The molecule has 1 aromatic heterocycles. The van der Waals surface area contributed by atoms with Crippen molar-refractivity contribution in [1.29, 1.82) is 0 Å². The van der Waals surface area contributed by atoms with Gasteiger partial charge in [0.1, 0.15) is 5.69 Å². The van der Waals surface area contributed by atoms with Crippen LogP contribution in [0.15, 0.2) is 48.5 Å². The first-order valence-electron chi connectivity index (χ1n) is 10.8. The number of rotatable bonds is 10. The molecule has 6 heteroatoms. The van der Waals surface area contributed by atoms with Crippen molar-refractivity contribution in [2.45, 2.75) is 39.7 Å². The Balaban J connectivity index is 0.00000341. The monoisotopic (exact) mass is 462 g/mol. The van der Waals surface area contributed by atoms with Crippen LogP contribution in [0.1, 0.15) is 43.6 Å². The average Bonchev–Trinajstić information content (AvgIpc) is 3.06. The van der Waals surface area contributed by atoms with E-state index in [1.54, 1.807) is 0 Å². The summed E-state index contributed by atoms with van der Waals surface area (Å²) >= 11 is 6.34. The molecule has 0 aliphatic carbocycles. The highest BCUT2D eigenvalue weighted by Gasteiger charge is 2.24. The summed E-state index contributed by atoms with van der Waals surface area (Å²) in [6.45, 7) is 7.20. The second kappa shape index (κ2) is 12.1. The number of hydrogen-bond donors (Lipinski definition) is 0. The molecule has 0 aliphatic heterocycles. The molecule has 0 atom stereocenters. The van der Waals surface area contributed by atoms with Gasteiger partial charge in [-0.1, -0.05) is 61.3 Å². The van der Waals surface area contributed by atoms with E-state index in [0.717, 1.165) is 48.1 Å². The number of halogens is 2. The molecule has 0 N–H and O–H groups in total. The molecule has 1 heterocycles. The first kappa shape index (κ1) is 25.3. The Kier molecular flexibility index (Phi) is 9.89. The van der Waals surface area contributed by atoms with Gasteiger partial charge in [-0.3, -0.25) is 0 Å². The highest BCUT2D eigenvalue weighted by Crippen LogP contribution is 2.36. The highest BCUT2D eigenvalue weighted by atomic mass is 35.5. The van der Waals surface area contributed by atoms with E-state index in [0.29, 0.717) is 17.3 Å². The maximum atomic E-state index is 13.0. The molecule has 0 unspecified atom stereocenters. The normalized spacial score (nSPS) is 11.0. The van der Waals surface area contributed by atoms with E-state index < -0.39 is 0 Å². The number of hydrogen-bond acceptors (Lipinski definition) is 3. The molecule has 4 nitrogen and oxygen atoms in total. The van der Waals surface area contributed by atoms with Gasteiger partial charge < -0.3 is 14.2 Å². The number of carbonyl (C=O) groups excluding carboxylic acids is 1. The Morgan fingerprint density at radius 1 is 1.03 bits per heavy atom. The Morgan fingerprint density at radius 3 is 2.42 bits per heavy atom. The summed E-state index contributed by atoms with van der Waals surface area (Å²) in [4.78, 5) is 15.3. The number of carbonyl (C=O) groups is 1. The van der Waals surface area contributed by atoms with Crippen LogP contribution < -0.4 is 0 Å². The van der Waals surface area contributed by atoms with Crippen molar-refractivity contribution in [3.05, 3.63) is 59.2 Å². The van der Waals surface area contributed by atoms with Gasteiger partial charge in [0.25, 0.3) is 0 Å². The Labute approximate surface area is 196 Å². The number of unbranched alkanes of at least 4 members (excludes halogenated alkanes) is 1. The zero-order valence-electron chi connectivity index (χ0n) is 18.6. The van der Waals surface area contributed by atoms with Crippen LogP contribution in [0.4, 0.5) is 0 Å². The minimum atomic E-state index is -0.286. The third kappa shape index (κ3) is 6.03. The van der Waals surface area contributed by atoms with Gasteiger partial charge in [0.15, 0.2) is 0 Å². The standard InChI is InChI=1S/C25H31ClN2O2.ClH/c1-4-6-15-27(3)16-10-17-28-23(19-11-8-7-9-12-19)22-18-20(26)13-14-21(22)24(28)25(29)30-5-2;/h7-9,11-14,18H,4-6,10,15-17H2,1-3H3;1H. The third-order valence-electron chi connectivity index (χ3n) is 5.36. The number of nitrogens with zero attached hydrogens (tertiary/aromatic N) is 2. The van der Waals surface area contributed by atoms with Crippen LogP contribution in [0, 0.1) is 0 Å². The first-order valence-corrected chi connectivity index (χ1v) is 11.2. The van der Waals surface area contributed by atoms with Crippen LogP contribution in [0.25, 0.3) is 22.0 Å². The van der Waals surface area contributed by atoms with Gasteiger partial charge in [0.05, 0.1) is 12.3 Å². The van der Waals surface area contributed by atoms with Gasteiger partial charge in [-0.15, -0.1) is 12.4 Å². The number of benzene rings is 2.